The monoisotopic (exact) mass is 379 g/mol. The molecule has 0 aliphatic carbocycles. The van der Waals surface area contributed by atoms with Crippen molar-refractivity contribution in [3.8, 4) is 0 Å². The normalized spacial score (nSPS) is 14.5. The fourth-order valence-corrected chi connectivity index (χ4v) is 3.60. The van der Waals surface area contributed by atoms with Gasteiger partial charge in [-0.2, -0.15) is 5.10 Å². The predicted molar refractivity (Wildman–Crippen MR) is 104 cm³/mol. The van der Waals surface area contributed by atoms with Crippen molar-refractivity contribution in [1.29, 1.82) is 0 Å². The van der Waals surface area contributed by atoms with E-state index >= 15 is 0 Å². The zero-order chi connectivity index (χ0) is 19.8. The molecule has 3 aromatic heterocycles. The number of piperazine rings is 1. The molecule has 0 bridgehead atoms. The van der Waals surface area contributed by atoms with Crippen molar-refractivity contribution in [3.05, 3.63) is 46.9 Å². The molecule has 1 saturated heterocycles. The van der Waals surface area contributed by atoms with Crippen LogP contribution in [0.1, 0.15) is 32.1 Å². The molecule has 0 aromatic carbocycles. The Labute approximate surface area is 161 Å². The Kier molecular flexibility index (Phi) is 4.42. The highest BCUT2D eigenvalue weighted by Crippen LogP contribution is 2.23. The molecule has 9 nitrogen and oxygen atoms in total. The molecular formula is C19H21N7O2. The first kappa shape index (κ1) is 17.9. The Morgan fingerprint density at radius 2 is 1.89 bits per heavy atom. The number of aromatic amines is 1. The third kappa shape index (κ3) is 3.04. The highest BCUT2D eigenvalue weighted by atomic mass is 16.2. The minimum atomic E-state index is -0.508. The summed E-state index contributed by atoms with van der Waals surface area (Å²) >= 11 is 0. The van der Waals surface area contributed by atoms with Gasteiger partial charge in [0.1, 0.15) is 5.82 Å². The van der Waals surface area contributed by atoms with Crippen molar-refractivity contribution >= 4 is 28.7 Å². The zero-order valence-electron chi connectivity index (χ0n) is 15.8. The number of nitrogens with one attached hydrogen (secondary N) is 1. The maximum absolute atomic E-state index is 13.2. The molecule has 4 rings (SSSR count). The van der Waals surface area contributed by atoms with Gasteiger partial charge >= 0.3 is 0 Å². The second kappa shape index (κ2) is 6.91. The van der Waals surface area contributed by atoms with Gasteiger partial charge in [0.25, 0.3) is 11.8 Å². The van der Waals surface area contributed by atoms with Gasteiger partial charge in [-0.05, 0) is 32.0 Å². The van der Waals surface area contributed by atoms with Gasteiger partial charge in [0.15, 0.2) is 5.65 Å². The van der Waals surface area contributed by atoms with E-state index in [1.165, 1.54) is 0 Å². The maximum Gasteiger partial charge on any atom is 0.254 e. The van der Waals surface area contributed by atoms with E-state index < -0.39 is 5.91 Å². The van der Waals surface area contributed by atoms with Gasteiger partial charge in [-0.15, -0.1) is 0 Å². The summed E-state index contributed by atoms with van der Waals surface area (Å²) in [5, 5.41) is 7.84. The number of amides is 2. The van der Waals surface area contributed by atoms with Crippen LogP contribution in [0.15, 0.2) is 24.4 Å². The summed E-state index contributed by atoms with van der Waals surface area (Å²) in [6, 6.07) is 5.16. The minimum absolute atomic E-state index is 0.0456. The summed E-state index contributed by atoms with van der Waals surface area (Å²) in [6.45, 7) is 5.92. The van der Waals surface area contributed by atoms with Gasteiger partial charge in [-0.3, -0.25) is 14.7 Å². The maximum atomic E-state index is 13.2. The molecule has 144 valence electrons. The predicted octanol–water partition coefficient (Wildman–Crippen LogP) is 1.03. The molecule has 3 N–H and O–H groups in total. The van der Waals surface area contributed by atoms with Crippen molar-refractivity contribution < 1.29 is 9.59 Å². The standard InChI is InChI=1S/C19H21N7O2/c1-11-10-14(15-12(2)23-24-17(15)22-11)19(28)26-8-6-25(7-9-26)18-13(16(20)27)4-3-5-21-18/h3-5,10H,6-9H2,1-2H3,(H2,20,27)(H,22,23,24). The molecule has 1 fully saturated rings. The molecule has 4 heterocycles. The van der Waals surface area contributed by atoms with E-state index in [1.54, 1.807) is 18.3 Å². The van der Waals surface area contributed by atoms with E-state index in [2.05, 4.69) is 20.2 Å². The number of aryl methyl sites for hydroxylation is 2. The Balaban J connectivity index is 1.56. The summed E-state index contributed by atoms with van der Waals surface area (Å²) in [7, 11) is 0. The van der Waals surface area contributed by atoms with Crippen LogP contribution in [0.3, 0.4) is 0 Å². The Morgan fingerprint density at radius 3 is 2.61 bits per heavy atom. The fourth-order valence-electron chi connectivity index (χ4n) is 3.60. The molecule has 1 aliphatic heterocycles. The number of anilines is 1. The molecule has 3 aromatic rings. The number of primary amides is 1. The topological polar surface area (TPSA) is 121 Å². The number of hydrogen-bond donors (Lipinski definition) is 2. The number of carbonyl (C=O) groups excluding carboxylic acids is 2. The van der Waals surface area contributed by atoms with Gasteiger partial charge in [0.05, 0.1) is 16.5 Å². The number of nitrogens with two attached hydrogens (primary N) is 1. The van der Waals surface area contributed by atoms with Crippen LogP contribution in [0.25, 0.3) is 11.0 Å². The van der Waals surface area contributed by atoms with Crippen molar-refractivity contribution in [3.63, 3.8) is 0 Å². The Bertz CT molecular complexity index is 1070. The SMILES string of the molecule is Cc1cc(C(=O)N2CCN(c3ncccc3C(N)=O)CC2)c2c(C)[nH]nc2n1. The minimum Gasteiger partial charge on any atom is -0.365 e. The average molecular weight is 379 g/mol. The lowest BCUT2D eigenvalue weighted by Crippen LogP contribution is -2.49. The van der Waals surface area contributed by atoms with Gasteiger partial charge < -0.3 is 15.5 Å². The largest absolute Gasteiger partial charge is 0.365 e. The van der Waals surface area contributed by atoms with Gasteiger partial charge in [-0.25, -0.2) is 9.97 Å². The number of nitrogens with zero attached hydrogens (tertiary/aromatic N) is 5. The summed E-state index contributed by atoms with van der Waals surface area (Å²) in [4.78, 5) is 37.3. The van der Waals surface area contributed by atoms with E-state index in [4.69, 9.17) is 5.73 Å². The molecule has 9 heteroatoms. The van der Waals surface area contributed by atoms with Gasteiger partial charge in [0, 0.05) is 43.8 Å². The van der Waals surface area contributed by atoms with E-state index in [-0.39, 0.29) is 5.91 Å². The van der Waals surface area contributed by atoms with Crippen molar-refractivity contribution in [1.82, 2.24) is 25.1 Å². The highest BCUT2D eigenvalue weighted by molar-refractivity contribution is 6.06. The Morgan fingerprint density at radius 1 is 1.14 bits per heavy atom. The van der Waals surface area contributed by atoms with Crippen LogP contribution in [0.2, 0.25) is 0 Å². The van der Waals surface area contributed by atoms with Crippen LogP contribution in [-0.2, 0) is 0 Å². The van der Waals surface area contributed by atoms with Crippen LogP contribution < -0.4 is 10.6 Å². The first-order valence-electron chi connectivity index (χ1n) is 9.07. The molecule has 0 saturated carbocycles. The first-order chi connectivity index (χ1) is 13.5. The second-order valence-electron chi connectivity index (χ2n) is 6.88. The fraction of sp³-hybridized carbons (Fsp3) is 0.316. The van der Waals surface area contributed by atoms with Crippen LogP contribution in [0.4, 0.5) is 5.82 Å². The van der Waals surface area contributed by atoms with E-state index in [0.29, 0.717) is 48.8 Å². The van der Waals surface area contributed by atoms with Gasteiger partial charge in [0.2, 0.25) is 0 Å². The number of aromatic nitrogens is 4. The molecule has 2 amide bonds. The summed E-state index contributed by atoms with van der Waals surface area (Å²) in [5.41, 5.74) is 8.59. The smallest absolute Gasteiger partial charge is 0.254 e. The van der Waals surface area contributed by atoms with E-state index in [0.717, 1.165) is 16.8 Å². The third-order valence-electron chi connectivity index (χ3n) is 4.98. The molecule has 1 aliphatic rings. The quantitative estimate of drug-likeness (QED) is 0.701. The number of fused-ring (bicyclic) bond motifs is 1. The van der Waals surface area contributed by atoms with Crippen LogP contribution in [0, 0.1) is 13.8 Å². The highest BCUT2D eigenvalue weighted by Gasteiger charge is 2.27. The Hall–Kier alpha value is -3.49. The second-order valence-corrected chi connectivity index (χ2v) is 6.88. The van der Waals surface area contributed by atoms with Crippen LogP contribution in [-0.4, -0.2) is 63.1 Å². The molecule has 28 heavy (non-hydrogen) atoms. The number of H-pyrrole nitrogens is 1. The zero-order valence-corrected chi connectivity index (χ0v) is 15.8. The summed E-state index contributed by atoms with van der Waals surface area (Å²) in [6.07, 6.45) is 1.64. The van der Waals surface area contributed by atoms with Crippen molar-refractivity contribution in [2.75, 3.05) is 31.1 Å². The van der Waals surface area contributed by atoms with Crippen LogP contribution >= 0.6 is 0 Å². The molecule has 0 spiro atoms. The van der Waals surface area contributed by atoms with E-state index in [9.17, 15) is 9.59 Å². The number of pyridine rings is 2. The molecule has 0 unspecified atom stereocenters. The third-order valence-corrected chi connectivity index (χ3v) is 4.98. The molecular weight excluding hydrogens is 358 g/mol. The average Bonchev–Trinajstić information content (AvgIpc) is 3.07. The summed E-state index contributed by atoms with van der Waals surface area (Å²) < 4.78 is 0. The van der Waals surface area contributed by atoms with E-state index in [1.807, 2.05) is 29.7 Å². The van der Waals surface area contributed by atoms with Crippen molar-refractivity contribution in [2.24, 2.45) is 5.73 Å². The molecule has 0 atom stereocenters. The molecule has 0 radical (unpaired) electrons. The lowest BCUT2D eigenvalue weighted by molar-refractivity contribution is 0.0747. The summed E-state index contributed by atoms with van der Waals surface area (Å²) in [5.74, 6) is 0.0115. The lowest BCUT2D eigenvalue weighted by Gasteiger charge is -2.36. The van der Waals surface area contributed by atoms with Crippen LogP contribution in [0.5, 0.6) is 0 Å². The number of carbonyl (C=O) groups is 2. The van der Waals surface area contributed by atoms with Crippen molar-refractivity contribution in [2.45, 2.75) is 13.8 Å². The van der Waals surface area contributed by atoms with Gasteiger partial charge in [-0.1, -0.05) is 0 Å². The number of rotatable bonds is 3. The first-order valence-corrected chi connectivity index (χ1v) is 9.07. The number of hydrogen-bond acceptors (Lipinski definition) is 6. The lowest BCUT2D eigenvalue weighted by atomic mass is 10.1.